The van der Waals surface area contributed by atoms with Gasteiger partial charge in [-0.15, -0.1) is 0 Å². The highest BCUT2D eigenvalue weighted by molar-refractivity contribution is 9.13. The van der Waals surface area contributed by atoms with Crippen LogP contribution in [0.4, 0.5) is 0 Å². The zero-order valence-corrected chi connectivity index (χ0v) is 16.2. The fourth-order valence-corrected chi connectivity index (χ4v) is 4.29. The Bertz CT molecular complexity index is 958. The predicted molar refractivity (Wildman–Crippen MR) is 94.8 cm³/mol. The van der Waals surface area contributed by atoms with Crippen LogP contribution in [0.5, 0.6) is 0 Å². The Labute approximate surface area is 150 Å². The van der Waals surface area contributed by atoms with E-state index in [1.165, 1.54) is 24.3 Å². The molecule has 0 heterocycles. The fraction of sp³-hybridized carbons (Fsp3) is 0.125. The maximum Gasteiger partial charge on any atom is 0.338 e. The minimum Gasteiger partial charge on any atom is -0.385 e. The number of hydrogen-bond donors (Lipinski definition) is 0. The van der Waals surface area contributed by atoms with E-state index in [1.807, 2.05) is 13.8 Å². The molecule has 0 aliphatic rings. The summed E-state index contributed by atoms with van der Waals surface area (Å²) in [6.45, 7) is 3.65. The van der Waals surface area contributed by atoms with E-state index < -0.39 is 20.0 Å². The molecule has 0 amide bonds. The van der Waals surface area contributed by atoms with Gasteiger partial charge in [-0.3, -0.25) is 0 Å². The van der Waals surface area contributed by atoms with Gasteiger partial charge < -0.3 is 4.18 Å². The first kappa shape index (κ1) is 18.7. The van der Waals surface area contributed by atoms with Crippen LogP contribution in [0.3, 0.4) is 0 Å². The number of hydrogen-bond acceptors (Lipinski definition) is 5. The molecule has 0 aliphatic carbocycles. The zero-order valence-electron chi connectivity index (χ0n) is 12.9. The third-order valence-corrected chi connectivity index (χ3v) is 7.33. The van der Waals surface area contributed by atoms with Crippen molar-refractivity contribution < 1.29 is 21.0 Å². The predicted octanol–water partition coefficient (Wildman–Crippen LogP) is 3.68. The maximum atomic E-state index is 12.4. The van der Waals surface area contributed by atoms with Crippen LogP contribution in [-0.4, -0.2) is 16.8 Å². The first-order valence-corrected chi connectivity index (χ1v) is 10.5. The molecule has 0 N–H and O–H groups in total. The summed E-state index contributed by atoms with van der Waals surface area (Å²) in [6, 6.07) is 12.2. The lowest BCUT2D eigenvalue weighted by Crippen LogP contribution is -2.05. The molecule has 2 aromatic rings. The smallest absolute Gasteiger partial charge is 0.338 e. The van der Waals surface area contributed by atoms with E-state index in [0.29, 0.717) is 6.26 Å². The first-order valence-electron chi connectivity index (χ1n) is 6.80. The summed E-state index contributed by atoms with van der Waals surface area (Å²) in [7, 11) is -7.97. The Hall–Kier alpha value is -1.64. The second-order valence-electron chi connectivity index (χ2n) is 5.10. The molecule has 2 aromatic carbocycles. The van der Waals surface area contributed by atoms with Crippen molar-refractivity contribution in [3.63, 3.8) is 0 Å². The molecular formula is C16H15BrO5S2. The second kappa shape index (κ2) is 7.08. The lowest BCUT2D eigenvalue weighted by molar-refractivity contribution is 0.443. The summed E-state index contributed by atoms with van der Waals surface area (Å²) < 4.78 is 53.2. The number of aryl methyl sites for hydroxylation is 2. The first-order chi connectivity index (χ1) is 11.1. The molecule has 24 heavy (non-hydrogen) atoms. The molecule has 0 aromatic heterocycles. The molecule has 8 heteroatoms. The normalized spacial score (nSPS) is 12.9. The average Bonchev–Trinajstić information content (AvgIpc) is 2.53. The summed E-state index contributed by atoms with van der Waals surface area (Å²) >= 11 is 2.88. The zero-order chi connectivity index (χ0) is 18.0. The molecule has 0 saturated heterocycles. The van der Waals surface area contributed by atoms with Gasteiger partial charge in [-0.05, 0) is 54.0 Å². The third kappa shape index (κ3) is 4.25. The van der Waals surface area contributed by atoms with Crippen molar-refractivity contribution in [3.8, 4) is 0 Å². The lowest BCUT2D eigenvalue weighted by Gasteiger charge is -2.06. The Balaban J connectivity index is 2.27. The highest BCUT2D eigenvalue weighted by atomic mass is 79.9. The molecule has 0 atom stereocenters. The summed E-state index contributed by atoms with van der Waals surface area (Å²) in [5, 5.41) is 0. The van der Waals surface area contributed by atoms with Crippen molar-refractivity contribution in [2.24, 2.45) is 0 Å². The van der Waals surface area contributed by atoms with E-state index in [0.717, 1.165) is 11.1 Å². The minimum absolute atomic E-state index is 0.0348. The van der Waals surface area contributed by atoms with Crippen LogP contribution in [0, 0.1) is 13.8 Å². The van der Waals surface area contributed by atoms with Crippen LogP contribution >= 0.6 is 15.9 Å². The van der Waals surface area contributed by atoms with Gasteiger partial charge in [-0.1, -0.05) is 35.4 Å². The van der Waals surface area contributed by atoms with Gasteiger partial charge in [0.15, 0.2) is 3.81 Å². The largest absolute Gasteiger partial charge is 0.385 e. The summed E-state index contributed by atoms with van der Waals surface area (Å²) in [4.78, 5) is -0.0232. The molecule has 0 fully saturated rings. The Morgan fingerprint density at radius 1 is 0.833 bits per heavy atom. The van der Waals surface area contributed by atoms with Gasteiger partial charge in [-0.2, -0.15) is 8.42 Å². The standard InChI is InChI=1S/C16H15BrO5S2/c1-12-3-7-14(8-4-12)23(18,19)16(17)11-22-24(20,21)15-9-5-13(2)6-10-15/h3-11H,1-2H3/b16-11-. The SMILES string of the molecule is Cc1ccc(S(=O)(=O)O/C=C(/Br)S(=O)(=O)c2ccc(C)cc2)cc1. The summed E-state index contributed by atoms with van der Waals surface area (Å²) in [6.07, 6.45) is 0.671. The summed E-state index contributed by atoms with van der Waals surface area (Å²) in [5.74, 6) is 0. The molecular weight excluding hydrogens is 416 g/mol. The van der Waals surface area contributed by atoms with Crippen molar-refractivity contribution in [1.29, 1.82) is 0 Å². The number of sulfone groups is 1. The molecule has 0 bridgehead atoms. The van der Waals surface area contributed by atoms with Gasteiger partial charge in [0.25, 0.3) is 0 Å². The van der Waals surface area contributed by atoms with Crippen LogP contribution in [0.25, 0.3) is 0 Å². The van der Waals surface area contributed by atoms with E-state index in [-0.39, 0.29) is 13.6 Å². The quantitative estimate of drug-likeness (QED) is 0.533. The highest BCUT2D eigenvalue weighted by Crippen LogP contribution is 2.25. The van der Waals surface area contributed by atoms with Crippen LogP contribution in [0.2, 0.25) is 0 Å². The van der Waals surface area contributed by atoms with Gasteiger partial charge in [-0.25, -0.2) is 8.42 Å². The van der Waals surface area contributed by atoms with Crippen molar-refractivity contribution >= 4 is 35.9 Å². The van der Waals surface area contributed by atoms with E-state index >= 15 is 0 Å². The molecule has 0 radical (unpaired) electrons. The van der Waals surface area contributed by atoms with Crippen LogP contribution in [0.15, 0.2) is 68.4 Å². The third-order valence-electron chi connectivity index (χ3n) is 3.17. The highest BCUT2D eigenvalue weighted by Gasteiger charge is 2.21. The summed E-state index contributed by atoms with van der Waals surface area (Å²) in [5.41, 5.74) is 1.81. The molecule has 0 unspecified atom stereocenters. The fourth-order valence-electron chi connectivity index (χ4n) is 1.76. The molecule has 0 spiro atoms. The number of benzene rings is 2. The van der Waals surface area contributed by atoms with Gasteiger partial charge in [0.1, 0.15) is 11.2 Å². The van der Waals surface area contributed by atoms with Crippen molar-refractivity contribution in [2.75, 3.05) is 0 Å². The topological polar surface area (TPSA) is 77.5 Å². The molecule has 0 aliphatic heterocycles. The Kier molecular flexibility index (Phi) is 5.52. The Morgan fingerprint density at radius 2 is 1.25 bits per heavy atom. The lowest BCUT2D eigenvalue weighted by atomic mass is 10.2. The van der Waals surface area contributed by atoms with E-state index in [9.17, 15) is 16.8 Å². The van der Waals surface area contributed by atoms with Crippen molar-refractivity contribution in [2.45, 2.75) is 23.6 Å². The van der Waals surface area contributed by atoms with E-state index in [4.69, 9.17) is 4.18 Å². The number of rotatable bonds is 5. The second-order valence-corrected chi connectivity index (χ2v) is 9.97. The Morgan fingerprint density at radius 3 is 1.71 bits per heavy atom. The number of halogens is 1. The van der Waals surface area contributed by atoms with Crippen LogP contribution in [0.1, 0.15) is 11.1 Å². The van der Waals surface area contributed by atoms with Crippen molar-refractivity contribution in [1.82, 2.24) is 0 Å². The van der Waals surface area contributed by atoms with Gasteiger partial charge >= 0.3 is 10.1 Å². The van der Waals surface area contributed by atoms with E-state index in [1.54, 1.807) is 24.3 Å². The monoisotopic (exact) mass is 430 g/mol. The maximum absolute atomic E-state index is 12.4. The average molecular weight is 431 g/mol. The van der Waals surface area contributed by atoms with Gasteiger partial charge in [0.2, 0.25) is 9.84 Å². The van der Waals surface area contributed by atoms with Crippen molar-refractivity contribution in [3.05, 3.63) is 69.7 Å². The molecule has 5 nitrogen and oxygen atoms in total. The van der Waals surface area contributed by atoms with Crippen LogP contribution < -0.4 is 0 Å². The minimum atomic E-state index is -4.09. The molecule has 0 saturated carbocycles. The van der Waals surface area contributed by atoms with Gasteiger partial charge in [0, 0.05) is 0 Å². The molecule has 2 rings (SSSR count). The molecule has 128 valence electrons. The van der Waals surface area contributed by atoms with Crippen LogP contribution in [-0.2, 0) is 24.1 Å². The van der Waals surface area contributed by atoms with Gasteiger partial charge in [0.05, 0.1) is 4.90 Å². The van der Waals surface area contributed by atoms with E-state index in [2.05, 4.69) is 15.9 Å².